The molecule has 1 aromatic heterocycles. The second-order valence-corrected chi connectivity index (χ2v) is 5.80. The number of carbonyl (C=O) groups is 1. The summed E-state index contributed by atoms with van der Waals surface area (Å²) < 4.78 is 10.4. The first-order valence-electron chi connectivity index (χ1n) is 6.73. The van der Waals surface area contributed by atoms with Crippen LogP contribution in [0.4, 0.5) is 0 Å². The molecular formula is C16H17Cl2NO3. The largest absolute Gasteiger partial charge is 0.453 e. The number of nitrogens with zero attached hydrogens (tertiary/aromatic N) is 1. The van der Waals surface area contributed by atoms with Crippen LogP contribution in [0.25, 0.3) is 0 Å². The number of rotatable bonds is 5. The molecule has 0 N–H and O–H groups in total. The molecule has 2 aromatic rings. The molecule has 0 saturated heterocycles. The van der Waals surface area contributed by atoms with Gasteiger partial charge in [-0.25, -0.2) is 0 Å². The summed E-state index contributed by atoms with van der Waals surface area (Å²) in [7, 11) is 3.27. The van der Waals surface area contributed by atoms with E-state index in [4.69, 9.17) is 32.4 Å². The van der Waals surface area contributed by atoms with Gasteiger partial charge < -0.3 is 14.1 Å². The van der Waals surface area contributed by atoms with Crippen molar-refractivity contribution in [3.63, 3.8) is 0 Å². The van der Waals surface area contributed by atoms with E-state index in [2.05, 4.69) is 0 Å². The maximum Gasteiger partial charge on any atom is 0.289 e. The molecule has 0 saturated carbocycles. The minimum Gasteiger partial charge on any atom is -0.453 e. The van der Waals surface area contributed by atoms with Gasteiger partial charge in [0.1, 0.15) is 12.4 Å². The van der Waals surface area contributed by atoms with E-state index in [0.29, 0.717) is 22.4 Å². The fourth-order valence-corrected chi connectivity index (χ4v) is 2.68. The van der Waals surface area contributed by atoms with E-state index in [1.807, 2.05) is 13.0 Å². The molecule has 1 amide bonds. The molecule has 0 spiro atoms. The van der Waals surface area contributed by atoms with E-state index >= 15 is 0 Å². The van der Waals surface area contributed by atoms with Gasteiger partial charge in [-0.1, -0.05) is 29.3 Å². The number of hydrogen-bond donors (Lipinski definition) is 0. The molecule has 0 aliphatic heterocycles. The van der Waals surface area contributed by atoms with Crippen LogP contribution in [0.2, 0.25) is 10.0 Å². The Labute approximate surface area is 139 Å². The third-order valence-corrected chi connectivity index (χ3v) is 4.04. The third-order valence-electron chi connectivity index (χ3n) is 3.47. The maximum absolute atomic E-state index is 12.5. The Morgan fingerprint density at radius 3 is 2.68 bits per heavy atom. The van der Waals surface area contributed by atoms with Crippen LogP contribution in [0, 0.1) is 0 Å². The third kappa shape index (κ3) is 3.64. The minimum atomic E-state index is -0.221. The lowest BCUT2D eigenvalue weighted by Gasteiger charge is -2.25. The summed E-state index contributed by atoms with van der Waals surface area (Å²) in [5, 5.41) is 1.09. The van der Waals surface area contributed by atoms with Crippen molar-refractivity contribution < 1.29 is 13.9 Å². The monoisotopic (exact) mass is 341 g/mol. The predicted molar refractivity (Wildman–Crippen MR) is 86.4 cm³/mol. The van der Waals surface area contributed by atoms with Gasteiger partial charge in [-0.15, -0.1) is 0 Å². The molecular weight excluding hydrogens is 325 g/mol. The summed E-state index contributed by atoms with van der Waals surface area (Å²) >= 11 is 12.1. The molecule has 4 nitrogen and oxygen atoms in total. The molecule has 0 bridgehead atoms. The molecule has 2 rings (SSSR count). The molecule has 22 heavy (non-hydrogen) atoms. The van der Waals surface area contributed by atoms with Gasteiger partial charge in [0.2, 0.25) is 0 Å². The summed E-state index contributed by atoms with van der Waals surface area (Å²) in [5.74, 6) is 0.656. The zero-order valence-corrected chi connectivity index (χ0v) is 14.1. The standard InChI is InChI=1S/C16H17Cl2NO3/c1-10(13-6-4-11(17)8-14(13)18)19(2)16(20)15-7-5-12(22-15)9-21-3/h4-8,10H,9H2,1-3H3. The van der Waals surface area contributed by atoms with Gasteiger partial charge in [0.25, 0.3) is 5.91 Å². The van der Waals surface area contributed by atoms with Crippen molar-refractivity contribution in [2.75, 3.05) is 14.2 Å². The van der Waals surface area contributed by atoms with Crippen LogP contribution in [0.5, 0.6) is 0 Å². The SMILES string of the molecule is COCc1ccc(C(=O)N(C)C(C)c2ccc(Cl)cc2Cl)o1. The van der Waals surface area contributed by atoms with Gasteiger partial charge in [0.15, 0.2) is 5.76 Å². The van der Waals surface area contributed by atoms with Crippen molar-refractivity contribution in [2.45, 2.75) is 19.6 Å². The molecule has 0 fully saturated rings. The number of benzene rings is 1. The molecule has 1 aromatic carbocycles. The fraction of sp³-hybridized carbons (Fsp3) is 0.312. The molecule has 0 aliphatic rings. The first-order chi connectivity index (χ1) is 10.4. The number of ether oxygens (including phenoxy) is 1. The molecule has 1 unspecified atom stereocenters. The molecule has 0 aliphatic carbocycles. The first-order valence-corrected chi connectivity index (χ1v) is 7.49. The summed E-state index contributed by atoms with van der Waals surface area (Å²) in [6, 6.07) is 8.39. The van der Waals surface area contributed by atoms with Gasteiger partial charge in [0.05, 0.1) is 6.04 Å². The molecule has 1 heterocycles. The van der Waals surface area contributed by atoms with Gasteiger partial charge in [-0.05, 0) is 36.8 Å². The van der Waals surface area contributed by atoms with E-state index < -0.39 is 0 Å². The van der Waals surface area contributed by atoms with Gasteiger partial charge in [0, 0.05) is 24.2 Å². The van der Waals surface area contributed by atoms with Crippen molar-refractivity contribution in [3.05, 3.63) is 57.5 Å². The van der Waals surface area contributed by atoms with Crippen LogP contribution >= 0.6 is 23.2 Å². The number of amides is 1. The van der Waals surface area contributed by atoms with E-state index in [1.54, 1.807) is 43.3 Å². The molecule has 1 atom stereocenters. The van der Waals surface area contributed by atoms with Crippen molar-refractivity contribution in [3.8, 4) is 0 Å². The lowest BCUT2D eigenvalue weighted by Crippen LogP contribution is -2.29. The van der Waals surface area contributed by atoms with Crippen LogP contribution in [0.15, 0.2) is 34.7 Å². The highest BCUT2D eigenvalue weighted by Crippen LogP contribution is 2.30. The fourth-order valence-electron chi connectivity index (χ4n) is 2.11. The van der Waals surface area contributed by atoms with Gasteiger partial charge >= 0.3 is 0 Å². The Kier molecular flexibility index (Phi) is 5.51. The second-order valence-electron chi connectivity index (χ2n) is 4.96. The van der Waals surface area contributed by atoms with Crippen LogP contribution in [0.3, 0.4) is 0 Å². The molecule has 0 radical (unpaired) electrons. The van der Waals surface area contributed by atoms with Crippen LogP contribution < -0.4 is 0 Å². The minimum absolute atomic E-state index is 0.215. The number of halogens is 2. The van der Waals surface area contributed by atoms with Crippen LogP contribution in [0.1, 0.15) is 34.8 Å². The Balaban J connectivity index is 2.18. The smallest absolute Gasteiger partial charge is 0.289 e. The van der Waals surface area contributed by atoms with E-state index in [9.17, 15) is 4.79 Å². The topological polar surface area (TPSA) is 42.7 Å². The zero-order chi connectivity index (χ0) is 16.3. The molecule has 118 valence electrons. The van der Waals surface area contributed by atoms with Crippen molar-refractivity contribution in [2.24, 2.45) is 0 Å². The molecule has 6 heteroatoms. The average molecular weight is 342 g/mol. The Hall–Kier alpha value is -1.49. The van der Waals surface area contributed by atoms with Gasteiger partial charge in [-0.2, -0.15) is 0 Å². The summed E-state index contributed by atoms with van der Waals surface area (Å²) in [6.45, 7) is 2.22. The Bertz CT molecular complexity index is 669. The lowest BCUT2D eigenvalue weighted by atomic mass is 10.1. The number of furan rings is 1. The highest BCUT2D eigenvalue weighted by molar-refractivity contribution is 6.35. The van der Waals surface area contributed by atoms with Crippen LogP contribution in [-0.4, -0.2) is 25.0 Å². The van der Waals surface area contributed by atoms with Crippen molar-refractivity contribution >= 4 is 29.1 Å². The highest BCUT2D eigenvalue weighted by Gasteiger charge is 2.23. The lowest BCUT2D eigenvalue weighted by molar-refractivity contribution is 0.0703. The number of hydrogen-bond acceptors (Lipinski definition) is 3. The number of methoxy groups -OCH3 is 1. The number of carbonyl (C=O) groups excluding carboxylic acids is 1. The quantitative estimate of drug-likeness (QED) is 0.800. The summed E-state index contributed by atoms with van der Waals surface area (Å²) in [6.07, 6.45) is 0. The van der Waals surface area contributed by atoms with Crippen LogP contribution in [-0.2, 0) is 11.3 Å². The normalized spacial score (nSPS) is 12.2. The van der Waals surface area contributed by atoms with Crippen molar-refractivity contribution in [1.82, 2.24) is 4.90 Å². The van der Waals surface area contributed by atoms with E-state index in [-0.39, 0.29) is 17.7 Å². The van der Waals surface area contributed by atoms with E-state index in [0.717, 1.165) is 5.56 Å². The first kappa shape index (κ1) is 16.9. The summed E-state index contributed by atoms with van der Waals surface area (Å²) in [5.41, 5.74) is 0.825. The van der Waals surface area contributed by atoms with Crippen molar-refractivity contribution in [1.29, 1.82) is 0 Å². The Morgan fingerprint density at radius 2 is 2.05 bits per heavy atom. The second kappa shape index (κ2) is 7.18. The summed E-state index contributed by atoms with van der Waals surface area (Å²) in [4.78, 5) is 14.1. The highest BCUT2D eigenvalue weighted by atomic mass is 35.5. The maximum atomic E-state index is 12.5. The zero-order valence-electron chi connectivity index (χ0n) is 12.6. The predicted octanol–water partition coefficient (Wildman–Crippen LogP) is 4.57. The van der Waals surface area contributed by atoms with E-state index in [1.165, 1.54) is 0 Å². The average Bonchev–Trinajstić information content (AvgIpc) is 2.94. The Morgan fingerprint density at radius 1 is 1.32 bits per heavy atom. The van der Waals surface area contributed by atoms with Gasteiger partial charge in [-0.3, -0.25) is 4.79 Å².